The molecule has 0 aliphatic heterocycles. The number of thioether (sulfide) groups is 1. The molecule has 20 heavy (non-hydrogen) atoms. The van der Waals surface area contributed by atoms with E-state index >= 15 is 0 Å². The van der Waals surface area contributed by atoms with E-state index < -0.39 is 5.97 Å². The first-order chi connectivity index (χ1) is 9.63. The van der Waals surface area contributed by atoms with Gasteiger partial charge in [0.05, 0.1) is 5.56 Å². The van der Waals surface area contributed by atoms with Crippen molar-refractivity contribution in [3.8, 4) is 0 Å². The van der Waals surface area contributed by atoms with Crippen LogP contribution in [0.5, 0.6) is 0 Å². The molecular formula is C15H21NO3S. The third kappa shape index (κ3) is 6.61. The van der Waals surface area contributed by atoms with E-state index in [9.17, 15) is 9.59 Å². The van der Waals surface area contributed by atoms with Crippen LogP contribution in [-0.4, -0.2) is 35.0 Å². The Morgan fingerprint density at radius 1 is 1.25 bits per heavy atom. The summed E-state index contributed by atoms with van der Waals surface area (Å²) in [6, 6.07) is 6.65. The monoisotopic (exact) mass is 295 g/mol. The van der Waals surface area contributed by atoms with E-state index in [4.69, 9.17) is 5.11 Å². The van der Waals surface area contributed by atoms with Crippen molar-refractivity contribution in [3.63, 3.8) is 0 Å². The summed E-state index contributed by atoms with van der Waals surface area (Å²) in [6.45, 7) is 2.85. The molecular weight excluding hydrogens is 274 g/mol. The Morgan fingerprint density at radius 2 is 1.95 bits per heavy atom. The van der Waals surface area contributed by atoms with Gasteiger partial charge >= 0.3 is 5.97 Å². The van der Waals surface area contributed by atoms with Crippen LogP contribution in [0.25, 0.3) is 0 Å². The smallest absolute Gasteiger partial charge is 0.335 e. The molecule has 0 saturated carbocycles. The van der Waals surface area contributed by atoms with E-state index in [2.05, 4.69) is 12.2 Å². The average molecular weight is 295 g/mol. The molecule has 5 heteroatoms. The number of rotatable bonds is 9. The molecule has 1 aromatic carbocycles. The molecule has 0 radical (unpaired) electrons. The van der Waals surface area contributed by atoms with Gasteiger partial charge in [0.1, 0.15) is 0 Å². The molecule has 0 aliphatic rings. The Bertz CT molecular complexity index is 431. The third-order valence-corrected chi connectivity index (χ3v) is 3.82. The van der Waals surface area contributed by atoms with Gasteiger partial charge in [-0.2, -0.15) is 11.8 Å². The van der Waals surface area contributed by atoms with E-state index in [0.717, 1.165) is 30.0 Å². The van der Waals surface area contributed by atoms with E-state index in [1.165, 1.54) is 0 Å². The van der Waals surface area contributed by atoms with Crippen LogP contribution in [0.2, 0.25) is 0 Å². The molecule has 0 spiro atoms. The lowest BCUT2D eigenvalue weighted by atomic mass is 10.1. The van der Waals surface area contributed by atoms with Crippen LogP contribution in [0.4, 0.5) is 0 Å². The second-order valence-corrected chi connectivity index (χ2v) is 5.80. The maximum Gasteiger partial charge on any atom is 0.335 e. The third-order valence-electron chi connectivity index (χ3n) is 2.83. The predicted octanol–water partition coefficient (Wildman–Crippen LogP) is 2.58. The summed E-state index contributed by atoms with van der Waals surface area (Å²) in [5.41, 5.74) is 1.25. The highest BCUT2D eigenvalue weighted by Crippen LogP contribution is 2.07. The number of amides is 1. The molecule has 2 N–H and O–H groups in total. The molecule has 0 fully saturated rings. The molecule has 0 heterocycles. The summed E-state index contributed by atoms with van der Waals surface area (Å²) < 4.78 is 0. The average Bonchev–Trinajstić information content (AvgIpc) is 2.45. The van der Waals surface area contributed by atoms with Crippen molar-refractivity contribution in [2.45, 2.75) is 26.2 Å². The normalized spacial score (nSPS) is 10.2. The van der Waals surface area contributed by atoms with Crippen molar-refractivity contribution in [1.29, 1.82) is 0 Å². The van der Waals surface area contributed by atoms with Gasteiger partial charge in [0.2, 0.25) is 5.91 Å². The van der Waals surface area contributed by atoms with Crippen molar-refractivity contribution in [1.82, 2.24) is 5.32 Å². The zero-order valence-corrected chi connectivity index (χ0v) is 12.5. The lowest BCUT2D eigenvalue weighted by molar-refractivity contribution is -0.121. The van der Waals surface area contributed by atoms with Crippen molar-refractivity contribution in [2.24, 2.45) is 0 Å². The van der Waals surface area contributed by atoms with Gasteiger partial charge in [0.15, 0.2) is 0 Å². The van der Waals surface area contributed by atoms with Crippen molar-refractivity contribution in [2.75, 3.05) is 18.1 Å². The molecule has 4 nitrogen and oxygen atoms in total. The van der Waals surface area contributed by atoms with Crippen molar-refractivity contribution in [3.05, 3.63) is 35.4 Å². The number of carbonyl (C=O) groups excluding carboxylic acids is 1. The van der Waals surface area contributed by atoms with Gasteiger partial charge in [0, 0.05) is 13.0 Å². The first-order valence-electron chi connectivity index (χ1n) is 6.80. The summed E-state index contributed by atoms with van der Waals surface area (Å²) in [7, 11) is 0. The number of aryl methyl sites for hydroxylation is 1. The Balaban J connectivity index is 2.22. The van der Waals surface area contributed by atoms with E-state index in [1.54, 1.807) is 24.3 Å². The predicted molar refractivity (Wildman–Crippen MR) is 82.3 cm³/mol. The van der Waals surface area contributed by atoms with Crippen LogP contribution in [0.15, 0.2) is 24.3 Å². The molecule has 0 atom stereocenters. The second-order valence-electron chi connectivity index (χ2n) is 4.40. The summed E-state index contributed by atoms with van der Waals surface area (Å²) in [6.07, 6.45) is 2.07. The number of hydrogen-bond donors (Lipinski definition) is 2. The Morgan fingerprint density at radius 3 is 2.55 bits per heavy atom. The zero-order valence-electron chi connectivity index (χ0n) is 11.7. The SMILES string of the molecule is CCSCCCNC(=O)CCc1ccc(C(=O)O)cc1. The fourth-order valence-electron chi connectivity index (χ4n) is 1.71. The van der Waals surface area contributed by atoms with E-state index in [1.807, 2.05) is 11.8 Å². The summed E-state index contributed by atoms with van der Waals surface area (Å²) in [5.74, 6) is 1.31. The molecule has 0 aromatic heterocycles. The topological polar surface area (TPSA) is 66.4 Å². The van der Waals surface area contributed by atoms with Crippen LogP contribution in [0.1, 0.15) is 35.7 Å². The van der Waals surface area contributed by atoms with Gasteiger partial charge in [0.25, 0.3) is 0 Å². The van der Waals surface area contributed by atoms with E-state index in [-0.39, 0.29) is 11.5 Å². The van der Waals surface area contributed by atoms with Gasteiger partial charge in [-0.25, -0.2) is 4.79 Å². The van der Waals surface area contributed by atoms with Gasteiger partial charge < -0.3 is 10.4 Å². The summed E-state index contributed by atoms with van der Waals surface area (Å²) in [5, 5.41) is 11.7. The first kappa shape index (κ1) is 16.6. The number of nitrogens with one attached hydrogen (secondary N) is 1. The second kappa shape index (κ2) is 9.42. The minimum absolute atomic E-state index is 0.0498. The van der Waals surface area contributed by atoms with Crippen LogP contribution in [0, 0.1) is 0 Å². The number of carboxylic acids is 1. The highest BCUT2D eigenvalue weighted by Gasteiger charge is 2.04. The number of aromatic carboxylic acids is 1. The summed E-state index contributed by atoms with van der Waals surface area (Å²) in [4.78, 5) is 22.3. The lowest BCUT2D eigenvalue weighted by Gasteiger charge is -2.05. The fourth-order valence-corrected chi connectivity index (χ4v) is 2.34. The highest BCUT2D eigenvalue weighted by molar-refractivity contribution is 7.99. The minimum Gasteiger partial charge on any atom is -0.478 e. The molecule has 1 aromatic rings. The molecule has 0 saturated heterocycles. The maximum atomic E-state index is 11.6. The first-order valence-corrected chi connectivity index (χ1v) is 7.95. The fraction of sp³-hybridized carbons (Fsp3) is 0.467. The molecule has 0 unspecified atom stereocenters. The van der Waals surface area contributed by atoms with Crippen LogP contribution < -0.4 is 5.32 Å². The number of carboxylic acid groups (broad SMARTS) is 1. The Labute approximate surface area is 124 Å². The van der Waals surface area contributed by atoms with Crippen LogP contribution in [0.3, 0.4) is 0 Å². The molecule has 1 rings (SSSR count). The zero-order chi connectivity index (χ0) is 14.8. The van der Waals surface area contributed by atoms with Gasteiger partial charge in [-0.1, -0.05) is 19.1 Å². The van der Waals surface area contributed by atoms with Crippen LogP contribution >= 0.6 is 11.8 Å². The van der Waals surface area contributed by atoms with Crippen LogP contribution in [-0.2, 0) is 11.2 Å². The number of carbonyl (C=O) groups is 2. The molecule has 110 valence electrons. The van der Waals surface area contributed by atoms with E-state index in [0.29, 0.717) is 12.8 Å². The lowest BCUT2D eigenvalue weighted by Crippen LogP contribution is -2.25. The largest absolute Gasteiger partial charge is 0.478 e. The number of benzene rings is 1. The van der Waals surface area contributed by atoms with Gasteiger partial charge in [-0.05, 0) is 42.0 Å². The highest BCUT2D eigenvalue weighted by atomic mass is 32.2. The standard InChI is InChI=1S/C15H21NO3S/c1-2-20-11-3-10-16-14(17)9-6-12-4-7-13(8-5-12)15(18)19/h4-5,7-8H,2-3,6,9-11H2,1H3,(H,16,17)(H,18,19). The molecule has 0 bridgehead atoms. The van der Waals surface area contributed by atoms with Crippen molar-refractivity contribution >= 4 is 23.6 Å². The maximum absolute atomic E-state index is 11.6. The molecule has 1 amide bonds. The quantitative estimate of drug-likeness (QED) is 0.687. The number of hydrogen-bond acceptors (Lipinski definition) is 3. The van der Waals surface area contributed by atoms with Gasteiger partial charge in [-0.15, -0.1) is 0 Å². The summed E-state index contributed by atoms with van der Waals surface area (Å²) >= 11 is 1.87. The minimum atomic E-state index is -0.931. The molecule has 0 aliphatic carbocycles. The van der Waals surface area contributed by atoms with Crippen molar-refractivity contribution < 1.29 is 14.7 Å². The van der Waals surface area contributed by atoms with Gasteiger partial charge in [-0.3, -0.25) is 4.79 Å². The Hall–Kier alpha value is -1.49. The Kier molecular flexibility index (Phi) is 7.80.